The Kier molecular flexibility index (Phi) is 3.41. The topological polar surface area (TPSA) is 66.5 Å². The fourth-order valence-corrected chi connectivity index (χ4v) is 4.77. The van der Waals surface area contributed by atoms with Gasteiger partial charge in [-0.05, 0) is 30.4 Å². The summed E-state index contributed by atoms with van der Waals surface area (Å²) in [6, 6.07) is 7.75. The number of hydrogen-bond donors (Lipinski definition) is 1. The number of carbonyl (C=O) groups is 1. The molecule has 3 rings (SSSR count). The van der Waals surface area contributed by atoms with Gasteiger partial charge in [-0.25, -0.2) is 13.2 Å². The molecule has 0 saturated carbocycles. The summed E-state index contributed by atoms with van der Waals surface area (Å²) >= 11 is 0. The molecule has 2 amide bonds. The van der Waals surface area contributed by atoms with Crippen molar-refractivity contribution < 1.29 is 13.2 Å². The first-order chi connectivity index (χ1) is 9.55. The lowest BCUT2D eigenvalue weighted by atomic mass is 10.1. The standard InChI is InChI=1S/C14H18N2O3S/c17-14(15-9-11-6-8-20(18,19)10-11)16-7-5-12-3-1-2-4-13(12)16/h1-4,11H,5-10H2,(H,15,17)/t11-/m1/s1. The van der Waals surface area contributed by atoms with Crippen molar-refractivity contribution in [3.8, 4) is 0 Å². The number of fused-ring (bicyclic) bond motifs is 1. The fraction of sp³-hybridized carbons (Fsp3) is 0.500. The summed E-state index contributed by atoms with van der Waals surface area (Å²) in [5.41, 5.74) is 2.15. The van der Waals surface area contributed by atoms with Gasteiger partial charge < -0.3 is 5.32 Å². The van der Waals surface area contributed by atoms with Crippen LogP contribution in [0.2, 0.25) is 0 Å². The first kappa shape index (κ1) is 13.4. The molecule has 0 aromatic heterocycles. The Balaban J connectivity index is 1.59. The fourth-order valence-electron chi connectivity index (χ4n) is 2.91. The van der Waals surface area contributed by atoms with Gasteiger partial charge >= 0.3 is 6.03 Å². The average Bonchev–Trinajstić information content (AvgIpc) is 2.99. The molecule has 2 aliphatic rings. The molecule has 0 aliphatic carbocycles. The van der Waals surface area contributed by atoms with E-state index < -0.39 is 9.84 Å². The van der Waals surface area contributed by atoms with E-state index in [1.54, 1.807) is 4.90 Å². The van der Waals surface area contributed by atoms with Crippen molar-refractivity contribution in [1.82, 2.24) is 5.32 Å². The molecule has 0 radical (unpaired) electrons. The molecule has 1 fully saturated rings. The summed E-state index contributed by atoms with van der Waals surface area (Å²) in [7, 11) is -2.88. The largest absolute Gasteiger partial charge is 0.337 e. The maximum absolute atomic E-state index is 12.2. The molecule has 2 heterocycles. The van der Waals surface area contributed by atoms with E-state index in [9.17, 15) is 13.2 Å². The van der Waals surface area contributed by atoms with E-state index in [0.29, 0.717) is 19.5 Å². The van der Waals surface area contributed by atoms with Crippen molar-refractivity contribution in [3.05, 3.63) is 29.8 Å². The van der Waals surface area contributed by atoms with Crippen LogP contribution >= 0.6 is 0 Å². The third kappa shape index (κ3) is 2.65. The number of carbonyl (C=O) groups excluding carboxylic acids is 1. The SMILES string of the molecule is O=C(NC[C@H]1CCS(=O)(=O)C1)N1CCc2ccccc21. The Labute approximate surface area is 118 Å². The number of para-hydroxylation sites is 1. The first-order valence-corrected chi connectivity index (χ1v) is 8.71. The second-order valence-electron chi connectivity index (χ2n) is 5.49. The summed E-state index contributed by atoms with van der Waals surface area (Å²) < 4.78 is 22.8. The van der Waals surface area contributed by atoms with E-state index in [1.165, 1.54) is 5.56 Å². The first-order valence-electron chi connectivity index (χ1n) is 6.89. The van der Waals surface area contributed by atoms with Crippen LogP contribution in [0.4, 0.5) is 10.5 Å². The van der Waals surface area contributed by atoms with Gasteiger partial charge in [0.15, 0.2) is 9.84 Å². The number of amides is 2. The zero-order valence-electron chi connectivity index (χ0n) is 11.2. The Hall–Kier alpha value is -1.56. The number of nitrogens with zero attached hydrogens (tertiary/aromatic N) is 1. The summed E-state index contributed by atoms with van der Waals surface area (Å²) in [4.78, 5) is 13.9. The van der Waals surface area contributed by atoms with Crippen molar-refractivity contribution in [1.29, 1.82) is 0 Å². The minimum Gasteiger partial charge on any atom is -0.337 e. The summed E-state index contributed by atoms with van der Waals surface area (Å²) in [5, 5.41) is 2.87. The number of sulfone groups is 1. The highest BCUT2D eigenvalue weighted by Crippen LogP contribution is 2.27. The molecular formula is C14H18N2O3S. The van der Waals surface area contributed by atoms with Gasteiger partial charge in [0, 0.05) is 18.8 Å². The number of anilines is 1. The zero-order valence-corrected chi connectivity index (χ0v) is 12.0. The van der Waals surface area contributed by atoms with Crippen LogP contribution in [-0.2, 0) is 16.3 Å². The van der Waals surface area contributed by atoms with Crippen LogP contribution in [0.15, 0.2) is 24.3 Å². The van der Waals surface area contributed by atoms with E-state index in [-0.39, 0.29) is 23.5 Å². The second-order valence-corrected chi connectivity index (χ2v) is 7.71. The summed E-state index contributed by atoms with van der Waals surface area (Å²) in [6.45, 7) is 1.13. The van der Waals surface area contributed by atoms with E-state index in [4.69, 9.17) is 0 Å². The lowest BCUT2D eigenvalue weighted by molar-refractivity contribution is 0.245. The minimum absolute atomic E-state index is 0.0572. The van der Waals surface area contributed by atoms with Gasteiger partial charge in [-0.1, -0.05) is 18.2 Å². The Morgan fingerprint density at radius 3 is 2.90 bits per heavy atom. The molecule has 1 saturated heterocycles. The Bertz CT molecular complexity index is 627. The van der Waals surface area contributed by atoms with Crippen molar-refractivity contribution in [2.75, 3.05) is 29.5 Å². The van der Waals surface area contributed by atoms with Gasteiger partial charge in [-0.15, -0.1) is 0 Å². The van der Waals surface area contributed by atoms with Crippen LogP contribution in [0.5, 0.6) is 0 Å². The third-order valence-corrected chi connectivity index (χ3v) is 5.84. The molecule has 1 N–H and O–H groups in total. The highest BCUT2D eigenvalue weighted by molar-refractivity contribution is 7.91. The highest BCUT2D eigenvalue weighted by atomic mass is 32.2. The molecule has 1 aromatic carbocycles. The minimum atomic E-state index is -2.88. The Morgan fingerprint density at radius 1 is 1.35 bits per heavy atom. The monoisotopic (exact) mass is 294 g/mol. The molecule has 5 nitrogen and oxygen atoms in total. The van der Waals surface area contributed by atoms with Gasteiger partial charge in [0.25, 0.3) is 0 Å². The van der Waals surface area contributed by atoms with Gasteiger partial charge in [0.05, 0.1) is 11.5 Å². The lowest BCUT2D eigenvalue weighted by Crippen LogP contribution is -2.41. The van der Waals surface area contributed by atoms with E-state index in [1.807, 2.05) is 24.3 Å². The summed E-state index contributed by atoms with van der Waals surface area (Å²) in [6.07, 6.45) is 1.53. The number of benzene rings is 1. The van der Waals surface area contributed by atoms with Gasteiger partial charge in [0.1, 0.15) is 0 Å². The van der Waals surface area contributed by atoms with E-state index in [2.05, 4.69) is 5.32 Å². The molecule has 20 heavy (non-hydrogen) atoms. The van der Waals surface area contributed by atoms with Gasteiger partial charge in [-0.2, -0.15) is 0 Å². The van der Waals surface area contributed by atoms with E-state index >= 15 is 0 Å². The summed E-state index contributed by atoms with van der Waals surface area (Å²) in [5.74, 6) is 0.506. The van der Waals surface area contributed by atoms with Crippen LogP contribution in [0.1, 0.15) is 12.0 Å². The van der Waals surface area contributed by atoms with Crippen LogP contribution < -0.4 is 10.2 Å². The molecular weight excluding hydrogens is 276 g/mol. The van der Waals surface area contributed by atoms with Crippen molar-refractivity contribution in [3.63, 3.8) is 0 Å². The normalized spacial score (nSPS) is 23.6. The van der Waals surface area contributed by atoms with Gasteiger partial charge in [-0.3, -0.25) is 4.90 Å². The van der Waals surface area contributed by atoms with E-state index in [0.717, 1.165) is 12.1 Å². The average molecular weight is 294 g/mol. The second kappa shape index (κ2) is 5.09. The molecule has 6 heteroatoms. The third-order valence-electron chi connectivity index (χ3n) is 4.00. The molecule has 1 atom stereocenters. The smallest absolute Gasteiger partial charge is 0.321 e. The number of nitrogens with one attached hydrogen (secondary N) is 1. The van der Waals surface area contributed by atoms with Crippen LogP contribution in [0, 0.1) is 5.92 Å². The number of rotatable bonds is 2. The molecule has 1 aromatic rings. The quantitative estimate of drug-likeness (QED) is 0.891. The maximum Gasteiger partial charge on any atom is 0.321 e. The Morgan fingerprint density at radius 2 is 2.15 bits per heavy atom. The maximum atomic E-state index is 12.2. The molecule has 0 unspecified atom stereocenters. The molecule has 0 bridgehead atoms. The highest BCUT2D eigenvalue weighted by Gasteiger charge is 2.29. The van der Waals surface area contributed by atoms with Crippen LogP contribution in [0.3, 0.4) is 0 Å². The van der Waals surface area contributed by atoms with Gasteiger partial charge in [0.2, 0.25) is 0 Å². The predicted octanol–water partition coefficient (Wildman–Crippen LogP) is 1.19. The predicted molar refractivity (Wildman–Crippen MR) is 77.7 cm³/mol. The van der Waals surface area contributed by atoms with Crippen molar-refractivity contribution in [2.45, 2.75) is 12.8 Å². The van der Waals surface area contributed by atoms with Crippen molar-refractivity contribution >= 4 is 21.6 Å². The lowest BCUT2D eigenvalue weighted by Gasteiger charge is -2.19. The number of urea groups is 1. The molecule has 108 valence electrons. The van der Waals surface area contributed by atoms with Crippen molar-refractivity contribution in [2.24, 2.45) is 5.92 Å². The van der Waals surface area contributed by atoms with Crippen LogP contribution in [-0.4, -0.2) is 39.0 Å². The molecule has 0 spiro atoms. The number of hydrogen-bond acceptors (Lipinski definition) is 3. The zero-order chi connectivity index (χ0) is 14.2. The molecule has 2 aliphatic heterocycles. The van der Waals surface area contributed by atoms with Crippen LogP contribution in [0.25, 0.3) is 0 Å².